The maximum Gasteiger partial charge on any atom is 0.250 e. The molecule has 3 rings (SSSR count). The molecule has 0 aliphatic carbocycles. The number of hydrogen-bond acceptors (Lipinski definition) is 5. The van der Waals surface area contributed by atoms with Gasteiger partial charge in [0.2, 0.25) is 5.91 Å². The number of hydrogen-bond donors (Lipinski definition) is 2. The third-order valence-corrected chi connectivity index (χ3v) is 5.41. The first-order valence-electron chi connectivity index (χ1n) is 9.03. The SMILES string of the molecule is COc1ccc(C2C(CNc3ncc(C(N)=O)cc3Cl)CCCN2C)cc1. The minimum atomic E-state index is -0.538. The Hall–Kier alpha value is -2.31. The molecule has 27 heavy (non-hydrogen) atoms. The number of primary amides is 1. The molecular weight excluding hydrogens is 364 g/mol. The molecule has 1 aromatic heterocycles. The van der Waals surface area contributed by atoms with E-state index >= 15 is 0 Å². The molecule has 0 spiro atoms. The van der Waals surface area contributed by atoms with Crippen molar-refractivity contribution in [3.8, 4) is 5.75 Å². The number of carbonyl (C=O) groups is 1. The van der Waals surface area contributed by atoms with Gasteiger partial charge < -0.3 is 15.8 Å². The Morgan fingerprint density at radius 1 is 1.41 bits per heavy atom. The molecule has 1 fully saturated rings. The Labute approximate surface area is 164 Å². The number of nitrogens with one attached hydrogen (secondary N) is 1. The van der Waals surface area contributed by atoms with Gasteiger partial charge in [0.05, 0.1) is 17.7 Å². The van der Waals surface area contributed by atoms with Gasteiger partial charge in [-0.1, -0.05) is 23.7 Å². The van der Waals surface area contributed by atoms with Gasteiger partial charge in [-0.25, -0.2) is 4.98 Å². The predicted molar refractivity (Wildman–Crippen MR) is 107 cm³/mol. The van der Waals surface area contributed by atoms with Crippen LogP contribution in [0.3, 0.4) is 0 Å². The molecule has 0 radical (unpaired) electrons. The summed E-state index contributed by atoms with van der Waals surface area (Å²) in [6, 6.07) is 10.1. The van der Waals surface area contributed by atoms with Crippen molar-refractivity contribution in [1.29, 1.82) is 0 Å². The van der Waals surface area contributed by atoms with Gasteiger partial charge in [0, 0.05) is 18.8 Å². The van der Waals surface area contributed by atoms with Crippen molar-refractivity contribution in [2.24, 2.45) is 11.7 Å². The Morgan fingerprint density at radius 2 is 2.15 bits per heavy atom. The zero-order chi connectivity index (χ0) is 19.4. The Kier molecular flexibility index (Phi) is 6.19. The fourth-order valence-corrected chi connectivity index (χ4v) is 3.96. The summed E-state index contributed by atoms with van der Waals surface area (Å²) in [6.45, 7) is 1.81. The summed E-state index contributed by atoms with van der Waals surface area (Å²) in [4.78, 5) is 17.9. The number of aromatic nitrogens is 1. The maximum absolute atomic E-state index is 11.2. The number of halogens is 1. The highest BCUT2D eigenvalue weighted by Crippen LogP contribution is 2.36. The van der Waals surface area contributed by atoms with Gasteiger partial charge in [-0.05, 0) is 56.1 Å². The van der Waals surface area contributed by atoms with Crippen molar-refractivity contribution in [2.45, 2.75) is 18.9 Å². The number of nitrogens with two attached hydrogens (primary N) is 1. The first-order valence-corrected chi connectivity index (χ1v) is 9.41. The molecule has 2 heterocycles. The second-order valence-electron chi connectivity index (χ2n) is 6.90. The average Bonchev–Trinajstić information content (AvgIpc) is 2.67. The van der Waals surface area contributed by atoms with Crippen LogP contribution in [0.1, 0.15) is 34.8 Å². The van der Waals surface area contributed by atoms with Gasteiger partial charge in [-0.15, -0.1) is 0 Å². The average molecular weight is 389 g/mol. The van der Waals surface area contributed by atoms with Crippen LogP contribution in [0.5, 0.6) is 5.75 Å². The van der Waals surface area contributed by atoms with E-state index in [0.717, 1.165) is 31.7 Å². The van der Waals surface area contributed by atoms with Gasteiger partial charge in [0.15, 0.2) is 0 Å². The molecule has 0 saturated carbocycles. The molecule has 2 aromatic rings. The number of piperidine rings is 1. The lowest BCUT2D eigenvalue weighted by molar-refractivity contribution is 0.1000. The van der Waals surface area contributed by atoms with Crippen LogP contribution in [-0.4, -0.2) is 43.0 Å². The first-order chi connectivity index (χ1) is 13.0. The highest BCUT2D eigenvalue weighted by Gasteiger charge is 2.30. The number of carbonyl (C=O) groups excluding carboxylic acids is 1. The Morgan fingerprint density at radius 3 is 2.78 bits per heavy atom. The van der Waals surface area contributed by atoms with E-state index in [1.54, 1.807) is 13.2 Å². The van der Waals surface area contributed by atoms with Crippen LogP contribution in [0.2, 0.25) is 5.02 Å². The standard InChI is InChI=1S/C20H25ClN4O2/c1-25-9-3-4-14(18(25)13-5-7-16(27-2)8-6-13)11-23-20-17(21)10-15(12-24-20)19(22)26/h5-8,10,12,14,18H,3-4,9,11H2,1-2H3,(H2,22,26)(H,23,24). The smallest absolute Gasteiger partial charge is 0.250 e. The van der Waals surface area contributed by atoms with E-state index in [0.29, 0.717) is 28.4 Å². The molecule has 6 nitrogen and oxygen atoms in total. The van der Waals surface area contributed by atoms with Crippen molar-refractivity contribution >= 4 is 23.3 Å². The Bertz CT molecular complexity index is 797. The van der Waals surface area contributed by atoms with E-state index in [2.05, 4.69) is 34.4 Å². The van der Waals surface area contributed by atoms with E-state index in [1.165, 1.54) is 11.8 Å². The van der Waals surface area contributed by atoms with Crippen LogP contribution in [-0.2, 0) is 0 Å². The number of benzene rings is 1. The van der Waals surface area contributed by atoms with Crippen LogP contribution < -0.4 is 15.8 Å². The van der Waals surface area contributed by atoms with E-state index in [4.69, 9.17) is 22.1 Å². The third kappa shape index (κ3) is 4.51. The van der Waals surface area contributed by atoms with Crippen LogP contribution in [0.4, 0.5) is 5.82 Å². The lowest BCUT2D eigenvalue weighted by Crippen LogP contribution is -2.39. The molecular formula is C20H25ClN4O2. The lowest BCUT2D eigenvalue weighted by Gasteiger charge is -2.39. The molecule has 1 aromatic carbocycles. The summed E-state index contributed by atoms with van der Waals surface area (Å²) in [7, 11) is 3.84. The molecule has 2 atom stereocenters. The summed E-state index contributed by atoms with van der Waals surface area (Å²) in [5, 5.41) is 3.74. The van der Waals surface area contributed by atoms with Crippen molar-refractivity contribution in [3.63, 3.8) is 0 Å². The third-order valence-electron chi connectivity index (χ3n) is 5.12. The minimum Gasteiger partial charge on any atom is -0.497 e. The van der Waals surface area contributed by atoms with Crippen LogP contribution >= 0.6 is 11.6 Å². The van der Waals surface area contributed by atoms with Gasteiger partial charge in [-0.3, -0.25) is 9.69 Å². The number of likely N-dealkylation sites (tertiary alicyclic amines) is 1. The summed E-state index contributed by atoms with van der Waals surface area (Å²) in [6.07, 6.45) is 3.72. The number of anilines is 1. The maximum atomic E-state index is 11.2. The number of pyridine rings is 1. The van der Waals surface area contributed by atoms with Crippen LogP contribution in [0.15, 0.2) is 36.5 Å². The van der Waals surface area contributed by atoms with Crippen molar-refractivity contribution < 1.29 is 9.53 Å². The minimum absolute atomic E-state index is 0.305. The number of amides is 1. The molecule has 144 valence electrons. The van der Waals surface area contributed by atoms with Gasteiger partial charge >= 0.3 is 0 Å². The topological polar surface area (TPSA) is 80.5 Å². The molecule has 3 N–H and O–H groups in total. The lowest BCUT2D eigenvalue weighted by atomic mass is 9.85. The number of methoxy groups -OCH3 is 1. The molecule has 1 saturated heterocycles. The molecule has 2 unspecified atom stereocenters. The fraction of sp³-hybridized carbons (Fsp3) is 0.400. The summed E-state index contributed by atoms with van der Waals surface area (Å²) >= 11 is 6.25. The van der Waals surface area contributed by atoms with E-state index in [9.17, 15) is 4.79 Å². The Balaban J connectivity index is 1.74. The van der Waals surface area contributed by atoms with E-state index in [1.807, 2.05) is 12.1 Å². The quantitative estimate of drug-likeness (QED) is 0.793. The summed E-state index contributed by atoms with van der Waals surface area (Å²) < 4.78 is 5.27. The van der Waals surface area contributed by atoms with Crippen molar-refractivity contribution in [3.05, 3.63) is 52.7 Å². The van der Waals surface area contributed by atoms with Gasteiger partial charge in [-0.2, -0.15) is 0 Å². The van der Waals surface area contributed by atoms with Crippen molar-refractivity contribution in [2.75, 3.05) is 32.6 Å². The first kappa shape index (κ1) is 19.5. The highest BCUT2D eigenvalue weighted by molar-refractivity contribution is 6.33. The zero-order valence-electron chi connectivity index (χ0n) is 15.6. The number of nitrogens with zero attached hydrogens (tertiary/aromatic N) is 2. The molecule has 7 heteroatoms. The summed E-state index contributed by atoms with van der Waals surface area (Å²) in [5.41, 5.74) is 6.85. The second-order valence-corrected chi connectivity index (χ2v) is 7.31. The summed E-state index contributed by atoms with van der Waals surface area (Å²) in [5.74, 6) is 1.30. The number of rotatable bonds is 6. The largest absolute Gasteiger partial charge is 0.497 e. The van der Waals surface area contributed by atoms with Crippen LogP contribution in [0, 0.1) is 5.92 Å². The van der Waals surface area contributed by atoms with E-state index in [-0.39, 0.29) is 0 Å². The zero-order valence-corrected chi connectivity index (χ0v) is 16.4. The number of ether oxygens (including phenoxy) is 1. The van der Waals surface area contributed by atoms with Gasteiger partial charge in [0.1, 0.15) is 11.6 Å². The van der Waals surface area contributed by atoms with Crippen molar-refractivity contribution in [1.82, 2.24) is 9.88 Å². The van der Waals surface area contributed by atoms with E-state index < -0.39 is 5.91 Å². The second kappa shape index (κ2) is 8.59. The highest BCUT2D eigenvalue weighted by atomic mass is 35.5. The predicted octanol–water partition coefficient (Wildman–Crippen LogP) is 3.34. The van der Waals surface area contributed by atoms with Crippen LogP contribution in [0.25, 0.3) is 0 Å². The monoisotopic (exact) mass is 388 g/mol. The normalized spacial score (nSPS) is 20.3. The fourth-order valence-electron chi connectivity index (χ4n) is 3.73. The molecule has 1 aliphatic heterocycles. The molecule has 1 amide bonds. The van der Waals surface area contributed by atoms with Gasteiger partial charge in [0.25, 0.3) is 0 Å². The molecule has 0 bridgehead atoms. The molecule has 1 aliphatic rings.